The first-order chi connectivity index (χ1) is 12.0. The van der Waals surface area contributed by atoms with Crippen LogP contribution in [0.25, 0.3) is 11.3 Å². The zero-order valence-electron chi connectivity index (χ0n) is 14.0. The summed E-state index contributed by atoms with van der Waals surface area (Å²) in [6.07, 6.45) is 1.85. The van der Waals surface area contributed by atoms with Gasteiger partial charge in [0.25, 0.3) is 0 Å². The van der Waals surface area contributed by atoms with Crippen LogP contribution >= 0.6 is 11.6 Å². The second-order valence-corrected chi connectivity index (χ2v) is 6.56. The molecule has 5 heteroatoms. The molecule has 0 bridgehead atoms. The highest BCUT2D eigenvalue weighted by atomic mass is 35.5. The molecule has 0 aliphatic heterocycles. The Morgan fingerprint density at radius 2 is 1.72 bits per heavy atom. The molecule has 4 nitrogen and oxygen atoms in total. The van der Waals surface area contributed by atoms with E-state index in [-0.39, 0.29) is 5.92 Å². The first-order valence-corrected chi connectivity index (χ1v) is 8.41. The van der Waals surface area contributed by atoms with Crippen LogP contribution in [0.2, 0.25) is 5.02 Å². The van der Waals surface area contributed by atoms with Crippen molar-refractivity contribution in [2.24, 2.45) is 0 Å². The van der Waals surface area contributed by atoms with Crippen molar-refractivity contribution >= 4 is 23.3 Å². The van der Waals surface area contributed by atoms with Gasteiger partial charge in [0.05, 0.1) is 16.9 Å². The third-order valence-corrected chi connectivity index (χ3v) is 4.26. The molecule has 2 aromatic carbocycles. The lowest BCUT2D eigenvalue weighted by molar-refractivity contribution is 0.0696. The first-order valence-electron chi connectivity index (χ1n) is 8.04. The normalized spacial score (nSPS) is 10.9. The molecule has 0 amide bonds. The molecule has 0 atom stereocenters. The van der Waals surface area contributed by atoms with Crippen LogP contribution < -0.4 is 5.43 Å². The standard InChI is InChI=1S/C20H19ClN2O2/c1-13(2)17-12-23(22-16-10-8-15(21)9-11-16)19(18(17)20(24)25)14-6-4-3-5-7-14/h3-13,22H,1-2H3,(H,24,25). The summed E-state index contributed by atoms with van der Waals surface area (Å²) in [7, 11) is 0. The van der Waals surface area contributed by atoms with Gasteiger partial charge in [-0.2, -0.15) is 0 Å². The fourth-order valence-corrected chi connectivity index (χ4v) is 2.94. The summed E-state index contributed by atoms with van der Waals surface area (Å²) < 4.78 is 1.78. The van der Waals surface area contributed by atoms with Crippen LogP contribution in [0.3, 0.4) is 0 Å². The molecule has 1 aromatic heterocycles. The molecule has 2 N–H and O–H groups in total. The average Bonchev–Trinajstić information content (AvgIpc) is 2.97. The Morgan fingerprint density at radius 1 is 1.08 bits per heavy atom. The Morgan fingerprint density at radius 3 is 2.28 bits per heavy atom. The third-order valence-electron chi connectivity index (χ3n) is 4.01. The fraction of sp³-hybridized carbons (Fsp3) is 0.150. The van der Waals surface area contributed by atoms with Crippen molar-refractivity contribution in [1.29, 1.82) is 0 Å². The number of hydrogen-bond acceptors (Lipinski definition) is 2. The number of nitrogens with zero attached hydrogens (tertiary/aromatic N) is 1. The molecule has 0 saturated carbocycles. The number of carbonyl (C=O) groups is 1. The molecule has 3 aromatic rings. The van der Waals surface area contributed by atoms with Crippen molar-refractivity contribution < 1.29 is 9.90 Å². The highest BCUT2D eigenvalue weighted by molar-refractivity contribution is 6.30. The molecular formula is C20H19ClN2O2. The van der Waals surface area contributed by atoms with Crippen LogP contribution in [0.15, 0.2) is 60.8 Å². The van der Waals surface area contributed by atoms with Gasteiger partial charge >= 0.3 is 5.97 Å². The summed E-state index contributed by atoms with van der Waals surface area (Å²) in [5, 5.41) is 10.5. The van der Waals surface area contributed by atoms with Gasteiger partial charge in [-0.1, -0.05) is 55.8 Å². The summed E-state index contributed by atoms with van der Waals surface area (Å²) in [5.41, 5.74) is 6.67. The minimum absolute atomic E-state index is 0.0850. The largest absolute Gasteiger partial charge is 0.478 e. The lowest BCUT2D eigenvalue weighted by atomic mass is 9.98. The number of nitrogens with one attached hydrogen (secondary N) is 1. The monoisotopic (exact) mass is 354 g/mol. The zero-order chi connectivity index (χ0) is 18.0. The predicted octanol–water partition coefficient (Wildman–Crippen LogP) is 5.51. The maximum absolute atomic E-state index is 12.0. The Hall–Kier alpha value is -2.72. The minimum Gasteiger partial charge on any atom is -0.478 e. The summed E-state index contributed by atoms with van der Waals surface area (Å²) in [4.78, 5) is 12.0. The first kappa shape index (κ1) is 17.1. The molecule has 0 fully saturated rings. The van der Waals surface area contributed by atoms with Crippen LogP contribution in [0.4, 0.5) is 5.69 Å². The summed E-state index contributed by atoms with van der Waals surface area (Å²) in [6, 6.07) is 16.8. The topological polar surface area (TPSA) is 54.3 Å². The van der Waals surface area contributed by atoms with Gasteiger partial charge in [-0.05, 0) is 35.7 Å². The van der Waals surface area contributed by atoms with Crippen molar-refractivity contribution in [2.45, 2.75) is 19.8 Å². The van der Waals surface area contributed by atoms with Gasteiger partial charge in [0.2, 0.25) is 0 Å². The Labute approximate surface area is 151 Å². The van der Waals surface area contributed by atoms with Gasteiger partial charge in [-0.3, -0.25) is 10.1 Å². The van der Waals surface area contributed by atoms with Gasteiger partial charge in [0.15, 0.2) is 0 Å². The Kier molecular flexibility index (Phi) is 4.81. The molecule has 0 aliphatic carbocycles. The van der Waals surface area contributed by atoms with Crippen LogP contribution in [0, 0.1) is 0 Å². The number of carboxylic acids is 1. The molecule has 128 valence electrons. The highest BCUT2D eigenvalue weighted by Gasteiger charge is 2.24. The molecule has 25 heavy (non-hydrogen) atoms. The Bertz CT molecular complexity index is 884. The van der Waals surface area contributed by atoms with Gasteiger partial charge in [-0.15, -0.1) is 0 Å². The zero-order valence-corrected chi connectivity index (χ0v) is 14.8. The molecule has 0 unspecified atom stereocenters. The molecule has 0 saturated heterocycles. The number of anilines is 1. The second kappa shape index (κ2) is 7.03. The Balaban J connectivity index is 2.18. The van der Waals surface area contributed by atoms with Gasteiger partial charge in [0.1, 0.15) is 0 Å². The lowest BCUT2D eigenvalue weighted by Gasteiger charge is -2.13. The van der Waals surface area contributed by atoms with Crippen molar-refractivity contribution in [3.05, 3.63) is 76.9 Å². The average molecular weight is 355 g/mol. The third kappa shape index (κ3) is 3.54. The predicted molar refractivity (Wildman–Crippen MR) is 101 cm³/mol. The van der Waals surface area contributed by atoms with E-state index in [1.807, 2.05) is 62.5 Å². The molecule has 1 heterocycles. The van der Waals surface area contributed by atoms with Crippen molar-refractivity contribution in [3.8, 4) is 11.3 Å². The molecular weight excluding hydrogens is 336 g/mol. The molecule has 0 radical (unpaired) electrons. The molecule has 0 spiro atoms. The van der Waals surface area contributed by atoms with Crippen molar-refractivity contribution in [1.82, 2.24) is 4.68 Å². The fourth-order valence-electron chi connectivity index (χ4n) is 2.82. The quantitative estimate of drug-likeness (QED) is 0.635. The minimum atomic E-state index is -0.931. The number of carboxylic acid groups (broad SMARTS) is 1. The smallest absolute Gasteiger partial charge is 0.338 e. The number of rotatable bonds is 5. The number of halogens is 1. The van der Waals surface area contributed by atoms with E-state index in [1.165, 1.54) is 0 Å². The van der Waals surface area contributed by atoms with E-state index in [9.17, 15) is 9.90 Å². The van der Waals surface area contributed by atoms with E-state index in [2.05, 4.69) is 5.43 Å². The maximum Gasteiger partial charge on any atom is 0.338 e. The summed E-state index contributed by atoms with van der Waals surface area (Å²) in [6.45, 7) is 3.98. The lowest BCUT2D eigenvalue weighted by Crippen LogP contribution is -2.11. The second-order valence-electron chi connectivity index (χ2n) is 6.12. The molecule has 3 rings (SSSR count). The van der Waals surface area contributed by atoms with Crippen LogP contribution in [0.5, 0.6) is 0 Å². The van der Waals surface area contributed by atoms with Crippen LogP contribution in [0.1, 0.15) is 35.7 Å². The van der Waals surface area contributed by atoms with E-state index in [0.717, 1.165) is 16.8 Å². The SMILES string of the molecule is CC(C)c1cn(Nc2ccc(Cl)cc2)c(-c2ccccc2)c1C(=O)O. The maximum atomic E-state index is 12.0. The van der Waals surface area contributed by atoms with E-state index < -0.39 is 5.97 Å². The van der Waals surface area contributed by atoms with E-state index >= 15 is 0 Å². The van der Waals surface area contributed by atoms with Crippen LogP contribution in [-0.4, -0.2) is 15.8 Å². The number of aromatic nitrogens is 1. The van der Waals surface area contributed by atoms with Gasteiger partial charge in [-0.25, -0.2) is 4.79 Å². The number of benzene rings is 2. The molecule has 0 aliphatic rings. The summed E-state index contributed by atoms with van der Waals surface area (Å²) in [5.74, 6) is -0.846. The van der Waals surface area contributed by atoms with Gasteiger partial charge in [0, 0.05) is 16.8 Å². The highest BCUT2D eigenvalue weighted by Crippen LogP contribution is 2.32. The van der Waals surface area contributed by atoms with Gasteiger partial charge < -0.3 is 5.11 Å². The van der Waals surface area contributed by atoms with E-state index in [4.69, 9.17) is 11.6 Å². The number of aromatic carboxylic acids is 1. The van der Waals surface area contributed by atoms with Crippen molar-refractivity contribution in [2.75, 3.05) is 5.43 Å². The van der Waals surface area contributed by atoms with Crippen molar-refractivity contribution in [3.63, 3.8) is 0 Å². The summed E-state index contributed by atoms with van der Waals surface area (Å²) >= 11 is 5.94. The van der Waals surface area contributed by atoms with E-state index in [0.29, 0.717) is 16.3 Å². The number of hydrogen-bond donors (Lipinski definition) is 2. The van der Waals surface area contributed by atoms with Crippen LogP contribution in [-0.2, 0) is 0 Å². The van der Waals surface area contributed by atoms with E-state index in [1.54, 1.807) is 16.8 Å².